The molecular formula is C15H23FN2. The molecule has 100 valence electrons. The van der Waals surface area contributed by atoms with Crippen molar-refractivity contribution in [3.05, 3.63) is 30.1 Å². The zero-order valence-corrected chi connectivity index (χ0v) is 11.5. The predicted octanol–water partition coefficient (Wildman–Crippen LogP) is 2.90. The van der Waals surface area contributed by atoms with Gasteiger partial charge >= 0.3 is 0 Å². The van der Waals surface area contributed by atoms with Gasteiger partial charge in [-0.05, 0) is 43.1 Å². The van der Waals surface area contributed by atoms with Crippen molar-refractivity contribution in [1.29, 1.82) is 0 Å². The molecule has 1 fully saturated rings. The number of nitrogens with zero attached hydrogens (tertiary/aromatic N) is 1. The van der Waals surface area contributed by atoms with Crippen LogP contribution >= 0.6 is 0 Å². The third-order valence-electron chi connectivity index (χ3n) is 4.32. The first kappa shape index (κ1) is 13.3. The van der Waals surface area contributed by atoms with Gasteiger partial charge in [-0.25, -0.2) is 4.39 Å². The lowest BCUT2D eigenvalue weighted by Gasteiger charge is -2.37. The highest BCUT2D eigenvalue weighted by molar-refractivity contribution is 5.45. The lowest BCUT2D eigenvalue weighted by molar-refractivity contribution is 0.225. The summed E-state index contributed by atoms with van der Waals surface area (Å²) >= 11 is 0. The third-order valence-corrected chi connectivity index (χ3v) is 4.32. The van der Waals surface area contributed by atoms with Gasteiger partial charge < -0.3 is 10.2 Å². The first-order chi connectivity index (χ1) is 8.53. The molecule has 0 saturated carbocycles. The summed E-state index contributed by atoms with van der Waals surface area (Å²) in [4.78, 5) is 2.24. The van der Waals surface area contributed by atoms with Gasteiger partial charge in [0.05, 0.1) is 0 Å². The topological polar surface area (TPSA) is 15.3 Å². The molecule has 0 radical (unpaired) electrons. The Morgan fingerprint density at radius 1 is 1.33 bits per heavy atom. The van der Waals surface area contributed by atoms with E-state index >= 15 is 0 Å². The van der Waals surface area contributed by atoms with Crippen LogP contribution in [0, 0.1) is 17.2 Å². The van der Waals surface area contributed by atoms with E-state index in [1.807, 2.05) is 12.1 Å². The van der Waals surface area contributed by atoms with Gasteiger partial charge in [-0.15, -0.1) is 0 Å². The van der Waals surface area contributed by atoms with E-state index in [0.29, 0.717) is 11.3 Å². The Labute approximate surface area is 109 Å². The van der Waals surface area contributed by atoms with Crippen molar-refractivity contribution in [3.63, 3.8) is 0 Å². The molecule has 1 aromatic carbocycles. The van der Waals surface area contributed by atoms with E-state index in [1.165, 1.54) is 18.6 Å². The largest absolute Gasteiger partial charge is 0.374 e. The van der Waals surface area contributed by atoms with Gasteiger partial charge in [0, 0.05) is 31.2 Å². The Balaban J connectivity index is 2.09. The fourth-order valence-electron chi connectivity index (χ4n) is 2.83. The Morgan fingerprint density at radius 3 is 2.50 bits per heavy atom. The maximum Gasteiger partial charge on any atom is 0.123 e. The third kappa shape index (κ3) is 2.66. The van der Waals surface area contributed by atoms with Gasteiger partial charge in [-0.3, -0.25) is 0 Å². The first-order valence-corrected chi connectivity index (χ1v) is 6.71. The SMILES string of the molecule is CC(C)C1(CN(C)c2ccc(F)cc2)CCNC1. The fraction of sp³-hybridized carbons (Fsp3) is 0.600. The van der Waals surface area contributed by atoms with E-state index in [2.05, 4.69) is 31.1 Å². The molecule has 2 nitrogen and oxygen atoms in total. The summed E-state index contributed by atoms with van der Waals surface area (Å²) in [6.07, 6.45) is 1.22. The van der Waals surface area contributed by atoms with Crippen LogP contribution in [0.2, 0.25) is 0 Å². The number of halogens is 1. The molecule has 1 aliphatic rings. The van der Waals surface area contributed by atoms with Gasteiger partial charge in [0.2, 0.25) is 0 Å². The molecule has 1 unspecified atom stereocenters. The number of anilines is 1. The summed E-state index contributed by atoms with van der Waals surface area (Å²) in [5.74, 6) is 0.476. The molecule has 1 N–H and O–H groups in total. The maximum atomic E-state index is 12.9. The Bertz CT molecular complexity index is 380. The Kier molecular flexibility index (Phi) is 3.91. The molecule has 0 aromatic heterocycles. The highest BCUT2D eigenvalue weighted by Crippen LogP contribution is 2.35. The summed E-state index contributed by atoms with van der Waals surface area (Å²) in [6.45, 7) is 7.80. The van der Waals surface area contributed by atoms with E-state index in [-0.39, 0.29) is 5.82 Å². The molecule has 0 bridgehead atoms. The van der Waals surface area contributed by atoms with Crippen molar-refractivity contribution >= 4 is 5.69 Å². The van der Waals surface area contributed by atoms with Crippen molar-refractivity contribution in [2.45, 2.75) is 20.3 Å². The minimum Gasteiger partial charge on any atom is -0.374 e. The smallest absolute Gasteiger partial charge is 0.123 e. The molecule has 3 heteroatoms. The number of hydrogen-bond donors (Lipinski definition) is 1. The van der Waals surface area contributed by atoms with Gasteiger partial charge in [-0.2, -0.15) is 0 Å². The second-order valence-corrected chi connectivity index (χ2v) is 5.78. The number of hydrogen-bond acceptors (Lipinski definition) is 2. The summed E-state index contributed by atoms with van der Waals surface area (Å²) in [5.41, 5.74) is 1.42. The number of nitrogens with one attached hydrogen (secondary N) is 1. The zero-order valence-electron chi connectivity index (χ0n) is 11.5. The average molecular weight is 250 g/mol. The number of rotatable bonds is 4. The van der Waals surface area contributed by atoms with Crippen LogP contribution in [-0.4, -0.2) is 26.7 Å². The van der Waals surface area contributed by atoms with E-state index in [9.17, 15) is 4.39 Å². The fourth-order valence-corrected chi connectivity index (χ4v) is 2.83. The maximum absolute atomic E-state index is 12.9. The van der Waals surface area contributed by atoms with E-state index in [0.717, 1.165) is 25.3 Å². The number of benzene rings is 1. The van der Waals surface area contributed by atoms with Crippen molar-refractivity contribution in [3.8, 4) is 0 Å². The Hall–Kier alpha value is -1.09. The van der Waals surface area contributed by atoms with Crippen LogP contribution in [0.3, 0.4) is 0 Å². The minimum absolute atomic E-state index is 0.173. The van der Waals surface area contributed by atoms with Crippen molar-refractivity contribution < 1.29 is 4.39 Å². The summed E-state index contributed by atoms with van der Waals surface area (Å²) in [5, 5.41) is 3.47. The van der Waals surface area contributed by atoms with Gasteiger partial charge in [0.25, 0.3) is 0 Å². The molecule has 1 heterocycles. The lowest BCUT2D eigenvalue weighted by Crippen LogP contribution is -2.41. The summed E-state index contributed by atoms with van der Waals surface area (Å²) < 4.78 is 12.9. The van der Waals surface area contributed by atoms with Crippen molar-refractivity contribution in [2.24, 2.45) is 11.3 Å². The monoisotopic (exact) mass is 250 g/mol. The molecule has 0 spiro atoms. The van der Waals surface area contributed by atoms with E-state index in [4.69, 9.17) is 0 Å². The van der Waals surface area contributed by atoms with Gasteiger partial charge in [0.1, 0.15) is 5.82 Å². The molecule has 0 amide bonds. The normalized spacial score (nSPS) is 23.6. The lowest BCUT2D eigenvalue weighted by atomic mass is 9.76. The van der Waals surface area contributed by atoms with Crippen LogP contribution in [0.5, 0.6) is 0 Å². The van der Waals surface area contributed by atoms with Gasteiger partial charge in [0.15, 0.2) is 0 Å². The molecule has 1 saturated heterocycles. The zero-order chi connectivity index (χ0) is 13.2. The second kappa shape index (κ2) is 5.27. The first-order valence-electron chi connectivity index (χ1n) is 6.71. The molecule has 1 aromatic rings. The molecule has 2 rings (SSSR count). The van der Waals surface area contributed by atoms with Crippen LogP contribution in [0.15, 0.2) is 24.3 Å². The minimum atomic E-state index is -0.173. The Morgan fingerprint density at radius 2 is 2.00 bits per heavy atom. The summed E-state index contributed by atoms with van der Waals surface area (Å²) in [7, 11) is 2.09. The molecule has 1 aliphatic heterocycles. The highest BCUT2D eigenvalue weighted by Gasteiger charge is 2.37. The molecule has 0 aliphatic carbocycles. The molecule has 18 heavy (non-hydrogen) atoms. The summed E-state index contributed by atoms with van der Waals surface area (Å²) in [6, 6.07) is 6.76. The second-order valence-electron chi connectivity index (χ2n) is 5.78. The van der Waals surface area contributed by atoms with Crippen LogP contribution in [0.25, 0.3) is 0 Å². The van der Waals surface area contributed by atoms with E-state index < -0.39 is 0 Å². The van der Waals surface area contributed by atoms with Crippen molar-refractivity contribution in [2.75, 3.05) is 31.6 Å². The van der Waals surface area contributed by atoms with E-state index in [1.54, 1.807) is 0 Å². The van der Waals surface area contributed by atoms with Crippen LogP contribution in [0.4, 0.5) is 10.1 Å². The highest BCUT2D eigenvalue weighted by atomic mass is 19.1. The average Bonchev–Trinajstić information content (AvgIpc) is 2.79. The van der Waals surface area contributed by atoms with Crippen LogP contribution < -0.4 is 10.2 Å². The standard InChI is InChI=1S/C15H23FN2/c1-12(2)15(8-9-17-10-15)11-18(3)14-6-4-13(16)5-7-14/h4-7,12,17H,8-11H2,1-3H3. The molecular weight excluding hydrogens is 227 g/mol. The molecule has 1 atom stereocenters. The van der Waals surface area contributed by atoms with Crippen LogP contribution in [0.1, 0.15) is 20.3 Å². The predicted molar refractivity (Wildman–Crippen MR) is 74.4 cm³/mol. The van der Waals surface area contributed by atoms with Gasteiger partial charge in [-0.1, -0.05) is 13.8 Å². The van der Waals surface area contributed by atoms with Crippen molar-refractivity contribution in [1.82, 2.24) is 5.32 Å². The quantitative estimate of drug-likeness (QED) is 0.884. The van der Waals surface area contributed by atoms with Crippen LogP contribution in [-0.2, 0) is 0 Å².